The minimum atomic E-state index is -1.12. The van der Waals surface area contributed by atoms with Crippen LogP contribution >= 0.6 is 37.9 Å². The van der Waals surface area contributed by atoms with Crippen molar-refractivity contribution >= 4 is 120 Å². The molecule has 1 aliphatic heterocycles. The number of carbonyl (C=O) groups excluding carboxylic acids is 14. The number of thiol groups is 3. The molecule has 1 saturated heterocycles. The largest absolute Gasteiger partial charge is 0.378 e. The summed E-state index contributed by atoms with van der Waals surface area (Å²) in [5.41, 5.74) is -3.05. The zero-order chi connectivity index (χ0) is 93.8. The molecular formula is C83H150N12O28S3. The molecule has 1 fully saturated rings. The van der Waals surface area contributed by atoms with E-state index in [2.05, 4.69) is 102 Å². The van der Waals surface area contributed by atoms with Crippen molar-refractivity contribution in [1.29, 1.82) is 0 Å². The van der Waals surface area contributed by atoms with E-state index in [1.54, 1.807) is 41.5 Å². The molecule has 12 N–H and O–H groups in total. The van der Waals surface area contributed by atoms with Crippen molar-refractivity contribution in [1.82, 2.24) is 63.8 Å². The molecule has 40 nitrogen and oxygen atoms in total. The van der Waals surface area contributed by atoms with Crippen molar-refractivity contribution in [3.8, 4) is 0 Å². The monoisotopic (exact) mass is 1860 g/mol. The Balaban J connectivity index is 3.13. The van der Waals surface area contributed by atoms with Gasteiger partial charge in [-0.15, -0.1) is 0 Å². The van der Waals surface area contributed by atoms with E-state index in [0.717, 1.165) is 0 Å². The predicted octanol–water partition coefficient (Wildman–Crippen LogP) is -1.27. The first kappa shape index (κ1) is 118. The van der Waals surface area contributed by atoms with Crippen LogP contribution in [0.2, 0.25) is 0 Å². The molecule has 43 heteroatoms. The summed E-state index contributed by atoms with van der Waals surface area (Å²) in [5, 5.41) is 32.3. The maximum absolute atomic E-state index is 13.1. The minimum absolute atomic E-state index is 0.000377. The zero-order valence-corrected chi connectivity index (χ0v) is 78.8. The van der Waals surface area contributed by atoms with Gasteiger partial charge in [0, 0.05) is 143 Å². The molecule has 0 radical (unpaired) electrons. The minimum Gasteiger partial charge on any atom is -0.378 e. The first-order chi connectivity index (χ1) is 60.0. The second-order valence-corrected chi connectivity index (χ2v) is 34.1. The lowest BCUT2D eigenvalue weighted by Crippen LogP contribution is -2.53. The topological polar surface area (TPSA) is 513 Å². The van der Waals surface area contributed by atoms with Gasteiger partial charge in [0.15, 0.2) is 0 Å². The van der Waals surface area contributed by atoms with Crippen LogP contribution in [-0.4, -0.2) is 368 Å². The van der Waals surface area contributed by atoms with Gasteiger partial charge in [-0.1, -0.05) is 48.5 Å². The summed E-state index contributed by atoms with van der Waals surface area (Å²) in [6, 6.07) is -1.70. The second kappa shape index (κ2) is 71.4. The number of ketones is 3. The Morgan fingerprint density at radius 1 is 0.413 bits per heavy atom. The van der Waals surface area contributed by atoms with Crippen molar-refractivity contribution in [2.75, 3.05) is 268 Å². The number of amides is 11. The molecule has 4 atom stereocenters. The lowest BCUT2D eigenvalue weighted by Gasteiger charge is -2.33. The number of ether oxygens (including phenoxy) is 14. The van der Waals surface area contributed by atoms with Crippen LogP contribution in [0.1, 0.15) is 133 Å². The maximum atomic E-state index is 13.1. The van der Waals surface area contributed by atoms with Crippen LogP contribution in [0.3, 0.4) is 0 Å². The summed E-state index contributed by atoms with van der Waals surface area (Å²) in [6.07, 6.45) is -0.0685. The lowest BCUT2D eigenvalue weighted by atomic mass is 9.88. The number of carbonyl (C=O) groups is 14. The van der Waals surface area contributed by atoms with Gasteiger partial charge < -0.3 is 130 Å². The first-order valence-electron chi connectivity index (χ1n) is 43.3. The normalized spacial score (nSPS) is 20.0. The summed E-state index contributed by atoms with van der Waals surface area (Å²) in [6.45, 7) is 22.1. The highest BCUT2D eigenvalue weighted by Gasteiger charge is 2.35. The van der Waals surface area contributed by atoms with Crippen LogP contribution < -0.4 is 63.8 Å². The number of rotatable bonds is 38. The standard InChI is InChI=1S/C83H150N12O28S3/c1-11-82(57-119-43-36-116-33-26-90-75(106)51-93-78(109)65(54-126)95-81(8,9)10)55-117-41-34-114-31-24-88-73(104)49-91-76(107)62(52-124)48-63(96)12-15-68(99)84-20-27-110-37-44-120-58-83(59-121-45-38-111-28-21-85-69(100)16-13-66(97)79(2,3)4,60-122-46-39-112-29-22-86-70(101)17-14-67(98)80(5,6)7)61-123-47-40-113-30-23-87-71(102)18-19-72(103)94-64(53-125)77(108)92-50-74(105)89-25-32-115-35-42-118-56-82/h62,64-65,95,124-126H,11-61H2,1-10H3,(H,84,99)(H,85,100)(H,86,101)(H,87,102)(H,88,104)(H,89,105)(H,90,106)(H,91,107)(H,92,108)(H,93,109)(H,94,103). The van der Waals surface area contributed by atoms with Gasteiger partial charge in [-0.3, -0.25) is 67.1 Å². The molecule has 11 amide bonds. The summed E-state index contributed by atoms with van der Waals surface area (Å²) in [7, 11) is 0. The van der Waals surface area contributed by atoms with Crippen LogP contribution in [0.15, 0.2) is 0 Å². The molecule has 0 aliphatic carbocycles. The zero-order valence-electron chi connectivity index (χ0n) is 76.1. The molecular weight excluding hydrogens is 1710 g/mol. The quantitative estimate of drug-likeness (QED) is 0.0253. The average Bonchev–Trinajstić information content (AvgIpc) is 0.930. The van der Waals surface area contributed by atoms with Crippen molar-refractivity contribution < 1.29 is 133 Å². The molecule has 0 spiro atoms. The Hall–Kier alpha value is -6.37. The molecule has 4 unspecified atom stereocenters. The van der Waals surface area contributed by atoms with Crippen molar-refractivity contribution in [3.63, 3.8) is 0 Å². The van der Waals surface area contributed by atoms with Gasteiger partial charge in [0.25, 0.3) is 0 Å². The first-order valence-corrected chi connectivity index (χ1v) is 45.2. The van der Waals surface area contributed by atoms with Crippen molar-refractivity contribution in [2.45, 2.75) is 151 Å². The number of hydrogen-bond acceptors (Lipinski definition) is 32. The van der Waals surface area contributed by atoms with Crippen molar-refractivity contribution in [2.24, 2.45) is 27.6 Å². The van der Waals surface area contributed by atoms with E-state index in [1.165, 1.54) is 0 Å². The van der Waals surface area contributed by atoms with E-state index >= 15 is 0 Å². The highest BCUT2D eigenvalue weighted by Crippen LogP contribution is 2.25. The third-order valence-electron chi connectivity index (χ3n) is 18.5. The van der Waals surface area contributed by atoms with E-state index in [1.807, 2.05) is 27.7 Å². The molecule has 1 rings (SSSR count). The van der Waals surface area contributed by atoms with Gasteiger partial charge in [-0.25, -0.2) is 0 Å². The van der Waals surface area contributed by atoms with Crippen LogP contribution in [0.25, 0.3) is 0 Å². The number of Topliss-reactive ketones (excluding diaryl/α,β-unsaturated/α-hetero) is 3. The molecule has 0 saturated carbocycles. The Kier molecular flexibility index (Phi) is 66.7. The van der Waals surface area contributed by atoms with Gasteiger partial charge in [-0.2, -0.15) is 37.9 Å². The fourth-order valence-electron chi connectivity index (χ4n) is 11.0. The molecule has 0 aromatic carbocycles. The third kappa shape index (κ3) is 63.6. The Morgan fingerprint density at radius 3 is 1.17 bits per heavy atom. The van der Waals surface area contributed by atoms with Crippen LogP contribution in [0.5, 0.6) is 0 Å². The second-order valence-electron chi connectivity index (χ2n) is 33.0. The van der Waals surface area contributed by atoms with Gasteiger partial charge in [-0.05, 0) is 27.2 Å². The van der Waals surface area contributed by atoms with Gasteiger partial charge in [0.1, 0.15) is 23.4 Å². The third-order valence-corrected chi connectivity index (χ3v) is 19.7. The van der Waals surface area contributed by atoms with Crippen molar-refractivity contribution in [3.05, 3.63) is 0 Å². The van der Waals surface area contributed by atoms with Gasteiger partial charge in [0.05, 0.1) is 222 Å². The highest BCUT2D eigenvalue weighted by atomic mass is 32.1. The molecule has 0 aromatic heterocycles. The lowest BCUT2D eigenvalue weighted by molar-refractivity contribution is -0.131. The molecule has 0 aromatic rings. The molecule has 1 aliphatic rings. The average molecular weight is 1860 g/mol. The SMILES string of the molecule is CCC1(COCCOCCNC(=O)CNC(=O)C(CS)NC(C)(C)C)COCCOCCNC(=O)CNC(=O)C(CS)CC(=O)CCC(=O)NCCOCCOCC(COCCOCCNC(=O)CCC(=O)C(C)(C)C)(COCCOCCNC(=O)CCC(=O)C(C)(C)C)COCCOCCNC(=O)CCC(=O)NC(CS)C(=O)NCC(=O)NCCOCCOC1. The van der Waals surface area contributed by atoms with Crippen LogP contribution in [0.4, 0.5) is 0 Å². The Labute approximate surface area is 760 Å². The highest BCUT2D eigenvalue weighted by molar-refractivity contribution is 7.80. The van der Waals surface area contributed by atoms with E-state index < -0.39 is 87.6 Å². The van der Waals surface area contributed by atoms with Crippen LogP contribution in [-0.2, 0) is 133 Å². The Morgan fingerprint density at radius 2 is 0.778 bits per heavy atom. The van der Waals surface area contributed by atoms with E-state index in [9.17, 15) is 67.1 Å². The number of hydrogen-bond donors (Lipinski definition) is 15. The summed E-state index contributed by atoms with van der Waals surface area (Å²) < 4.78 is 83.0. The Bertz CT molecular complexity index is 2970. The molecule has 1 heterocycles. The molecule has 0 bridgehead atoms. The summed E-state index contributed by atoms with van der Waals surface area (Å²) in [4.78, 5) is 178. The fourth-order valence-corrected chi connectivity index (χ4v) is 11.8. The predicted molar refractivity (Wildman–Crippen MR) is 476 cm³/mol. The van der Waals surface area contributed by atoms with E-state index in [0.29, 0.717) is 6.42 Å². The van der Waals surface area contributed by atoms with Gasteiger partial charge in [0.2, 0.25) is 65.0 Å². The summed E-state index contributed by atoms with van der Waals surface area (Å²) >= 11 is 12.7. The smallest absolute Gasteiger partial charge is 0.243 e. The molecule has 728 valence electrons. The maximum Gasteiger partial charge on any atom is 0.243 e. The van der Waals surface area contributed by atoms with Gasteiger partial charge >= 0.3 is 0 Å². The summed E-state index contributed by atoms with van der Waals surface area (Å²) in [5.74, 6) is -6.14. The molecule has 126 heavy (non-hydrogen) atoms. The van der Waals surface area contributed by atoms with Crippen LogP contribution in [0, 0.1) is 27.6 Å². The fraction of sp³-hybridized carbons (Fsp3) is 0.831. The van der Waals surface area contributed by atoms with E-state index in [4.69, 9.17) is 66.3 Å². The van der Waals surface area contributed by atoms with E-state index in [-0.39, 0.29) is 365 Å². The number of nitrogens with one attached hydrogen (secondary N) is 12.